The van der Waals surface area contributed by atoms with E-state index in [9.17, 15) is 19.6 Å². The summed E-state index contributed by atoms with van der Waals surface area (Å²) in [5.41, 5.74) is 1.84. The van der Waals surface area contributed by atoms with Gasteiger partial charge in [-0.25, -0.2) is 4.79 Å². The van der Waals surface area contributed by atoms with Gasteiger partial charge in [0.05, 0.1) is 24.5 Å². The molecule has 0 radical (unpaired) electrons. The van der Waals surface area contributed by atoms with E-state index in [0.717, 1.165) is 15.3 Å². The van der Waals surface area contributed by atoms with E-state index in [1.807, 2.05) is 45.9 Å². The smallest absolute Gasteiger partial charge is 0.410 e. The summed E-state index contributed by atoms with van der Waals surface area (Å²) < 4.78 is 10.7. The second-order valence-electron chi connectivity index (χ2n) is 10.7. The molecule has 1 atom stereocenters. The van der Waals surface area contributed by atoms with Gasteiger partial charge >= 0.3 is 6.09 Å². The molecular weight excluding hydrogens is 572 g/mol. The highest BCUT2D eigenvalue weighted by Crippen LogP contribution is 2.38. The normalized spacial score (nSPS) is 13.4. The van der Waals surface area contributed by atoms with E-state index in [1.54, 1.807) is 42.3 Å². The predicted molar refractivity (Wildman–Crippen MR) is 165 cm³/mol. The Bertz CT molecular complexity index is 1500. The van der Waals surface area contributed by atoms with Crippen LogP contribution in [0.5, 0.6) is 5.75 Å². The number of thioether (sulfide) groups is 1. The van der Waals surface area contributed by atoms with Gasteiger partial charge in [0.25, 0.3) is 5.91 Å². The first-order chi connectivity index (χ1) is 20.0. The Morgan fingerprint density at radius 2 is 1.88 bits per heavy atom. The highest BCUT2D eigenvalue weighted by molar-refractivity contribution is 8.00. The Morgan fingerprint density at radius 1 is 1.14 bits per heavy atom. The number of carbonyl (C=O) groups is 3. The SMILES string of the molecule is CCC(Sc1cccc(NC(=O)c2ccc(OC)cc2)c1)C(=O)Nc1sc2c(c1C#N)CCN(C(=O)OC(C)(C)C)C2. The monoisotopic (exact) mass is 606 g/mol. The largest absolute Gasteiger partial charge is 0.497 e. The highest BCUT2D eigenvalue weighted by Gasteiger charge is 2.31. The molecule has 0 saturated carbocycles. The van der Waals surface area contributed by atoms with Gasteiger partial charge in [-0.05, 0) is 81.6 Å². The molecule has 1 unspecified atom stereocenters. The molecule has 9 nitrogen and oxygen atoms in total. The van der Waals surface area contributed by atoms with E-state index in [-0.39, 0.29) is 11.8 Å². The average Bonchev–Trinajstić information content (AvgIpc) is 3.31. The molecule has 2 heterocycles. The fourth-order valence-electron chi connectivity index (χ4n) is 4.36. The molecule has 3 aromatic rings. The van der Waals surface area contributed by atoms with Gasteiger partial charge in [0.15, 0.2) is 0 Å². The van der Waals surface area contributed by atoms with Crippen LogP contribution in [0.15, 0.2) is 53.4 Å². The van der Waals surface area contributed by atoms with Crippen LogP contribution in [0.4, 0.5) is 15.5 Å². The molecule has 0 spiro atoms. The summed E-state index contributed by atoms with van der Waals surface area (Å²) in [4.78, 5) is 42.0. The first-order valence-corrected chi connectivity index (χ1v) is 15.3. The molecule has 1 aromatic heterocycles. The van der Waals surface area contributed by atoms with Gasteiger partial charge in [-0.3, -0.25) is 9.59 Å². The number of methoxy groups -OCH3 is 1. The quantitative estimate of drug-likeness (QED) is 0.274. The van der Waals surface area contributed by atoms with Gasteiger partial charge in [-0.2, -0.15) is 5.26 Å². The van der Waals surface area contributed by atoms with Crippen molar-refractivity contribution in [3.8, 4) is 11.8 Å². The van der Waals surface area contributed by atoms with Crippen molar-refractivity contribution in [1.82, 2.24) is 4.90 Å². The summed E-state index contributed by atoms with van der Waals surface area (Å²) in [7, 11) is 1.57. The van der Waals surface area contributed by atoms with Crippen LogP contribution >= 0.6 is 23.1 Å². The Labute approximate surface area is 254 Å². The third kappa shape index (κ3) is 7.63. The van der Waals surface area contributed by atoms with E-state index in [1.165, 1.54) is 23.1 Å². The lowest BCUT2D eigenvalue weighted by Crippen LogP contribution is -2.39. The van der Waals surface area contributed by atoms with Gasteiger partial charge in [-0.1, -0.05) is 13.0 Å². The fourth-order valence-corrected chi connectivity index (χ4v) is 6.59. The number of nitrogens with one attached hydrogen (secondary N) is 2. The Balaban J connectivity index is 1.42. The summed E-state index contributed by atoms with van der Waals surface area (Å²) in [5.74, 6) is 0.205. The van der Waals surface area contributed by atoms with Crippen molar-refractivity contribution in [2.24, 2.45) is 0 Å². The number of thiophene rings is 1. The zero-order valence-corrected chi connectivity index (χ0v) is 25.9. The summed E-state index contributed by atoms with van der Waals surface area (Å²) in [6, 6.07) is 16.4. The van der Waals surface area contributed by atoms with Crippen LogP contribution in [0.3, 0.4) is 0 Å². The molecule has 3 amide bonds. The number of nitriles is 1. The number of hydrogen-bond donors (Lipinski definition) is 2. The number of fused-ring (bicyclic) bond motifs is 1. The number of amides is 3. The van der Waals surface area contributed by atoms with Crippen molar-refractivity contribution in [3.63, 3.8) is 0 Å². The molecule has 0 aliphatic carbocycles. The number of rotatable bonds is 8. The molecule has 1 aliphatic heterocycles. The molecule has 2 aromatic carbocycles. The van der Waals surface area contributed by atoms with Gasteiger partial charge in [0.2, 0.25) is 5.91 Å². The average molecular weight is 607 g/mol. The highest BCUT2D eigenvalue weighted by atomic mass is 32.2. The van der Waals surface area contributed by atoms with E-state index in [2.05, 4.69) is 16.7 Å². The lowest BCUT2D eigenvalue weighted by molar-refractivity contribution is -0.115. The second kappa shape index (κ2) is 13.3. The van der Waals surface area contributed by atoms with Crippen LogP contribution in [0.2, 0.25) is 0 Å². The van der Waals surface area contributed by atoms with E-state index >= 15 is 0 Å². The third-order valence-electron chi connectivity index (χ3n) is 6.44. The van der Waals surface area contributed by atoms with Crippen LogP contribution in [0.1, 0.15) is 60.5 Å². The van der Waals surface area contributed by atoms with Crippen LogP contribution in [0.25, 0.3) is 0 Å². The Morgan fingerprint density at radius 3 is 2.52 bits per heavy atom. The van der Waals surface area contributed by atoms with Crippen molar-refractivity contribution < 1.29 is 23.9 Å². The van der Waals surface area contributed by atoms with Gasteiger partial charge in [-0.15, -0.1) is 23.1 Å². The number of benzene rings is 2. The molecule has 1 aliphatic rings. The van der Waals surface area contributed by atoms with Crippen molar-refractivity contribution in [2.45, 2.75) is 62.8 Å². The zero-order chi connectivity index (χ0) is 30.4. The Hall–Kier alpha value is -4.01. The van der Waals surface area contributed by atoms with Crippen LogP contribution in [0, 0.1) is 11.3 Å². The van der Waals surface area contributed by atoms with Crippen molar-refractivity contribution in [2.75, 3.05) is 24.3 Å². The number of anilines is 2. The van der Waals surface area contributed by atoms with Gasteiger partial charge in [0.1, 0.15) is 22.4 Å². The first kappa shape index (κ1) is 30.9. The van der Waals surface area contributed by atoms with Gasteiger partial charge < -0.3 is 25.0 Å². The molecular formula is C31H34N4O5S2. The fraction of sp³-hybridized carbons (Fsp3) is 0.355. The molecule has 2 N–H and O–H groups in total. The number of nitrogens with zero attached hydrogens (tertiary/aromatic N) is 2. The number of carbonyl (C=O) groups excluding carboxylic acids is 3. The summed E-state index contributed by atoms with van der Waals surface area (Å²) in [5, 5.41) is 15.8. The van der Waals surface area contributed by atoms with Crippen LogP contribution in [-0.2, 0) is 22.5 Å². The van der Waals surface area contributed by atoms with Crippen LogP contribution < -0.4 is 15.4 Å². The number of ether oxygens (including phenoxy) is 2. The van der Waals surface area contributed by atoms with E-state index in [4.69, 9.17) is 9.47 Å². The molecule has 0 bridgehead atoms. The van der Waals surface area contributed by atoms with Crippen molar-refractivity contribution in [1.29, 1.82) is 5.26 Å². The lowest BCUT2D eigenvalue weighted by atomic mass is 10.0. The minimum atomic E-state index is -0.599. The molecule has 220 valence electrons. The van der Waals surface area contributed by atoms with E-state index < -0.39 is 16.9 Å². The molecule has 4 rings (SSSR count). The second-order valence-corrected chi connectivity index (χ2v) is 13.1. The van der Waals surface area contributed by atoms with Crippen molar-refractivity contribution >= 4 is 51.7 Å². The minimum Gasteiger partial charge on any atom is -0.497 e. The van der Waals surface area contributed by atoms with Gasteiger partial charge in [0, 0.05) is 27.6 Å². The maximum absolute atomic E-state index is 13.4. The van der Waals surface area contributed by atoms with Crippen molar-refractivity contribution in [3.05, 3.63) is 70.1 Å². The molecule has 42 heavy (non-hydrogen) atoms. The predicted octanol–water partition coefficient (Wildman–Crippen LogP) is 6.68. The Kier molecular flexibility index (Phi) is 9.81. The summed E-state index contributed by atoms with van der Waals surface area (Å²) in [6.45, 7) is 8.17. The van der Waals surface area contributed by atoms with E-state index in [0.29, 0.717) is 53.5 Å². The third-order valence-corrected chi connectivity index (χ3v) is 8.93. The topological polar surface area (TPSA) is 121 Å². The lowest BCUT2D eigenvalue weighted by Gasteiger charge is -2.29. The summed E-state index contributed by atoms with van der Waals surface area (Å²) in [6.07, 6.45) is 0.680. The maximum atomic E-state index is 13.4. The summed E-state index contributed by atoms with van der Waals surface area (Å²) >= 11 is 2.72. The minimum absolute atomic E-state index is 0.214. The number of hydrogen-bond acceptors (Lipinski definition) is 8. The first-order valence-electron chi connectivity index (χ1n) is 13.6. The maximum Gasteiger partial charge on any atom is 0.410 e. The van der Waals surface area contributed by atoms with Crippen LogP contribution in [-0.4, -0.2) is 47.3 Å². The molecule has 0 saturated heterocycles. The molecule has 11 heteroatoms. The molecule has 0 fully saturated rings. The zero-order valence-electron chi connectivity index (χ0n) is 24.3. The standard InChI is InChI=1S/C31H34N4O5S2/c1-6-25(41-22-9-7-8-20(16-22)33-27(36)19-10-12-21(39-5)13-11-19)28(37)34-29-24(17-32)23-14-15-35(18-26(23)42-29)30(38)40-31(2,3)4/h7-13,16,25H,6,14-15,18H2,1-5H3,(H,33,36)(H,34,37).